The van der Waals surface area contributed by atoms with Crippen LogP contribution in [0.3, 0.4) is 0 Å². The van der Waals surface area contributed by atoms with Crippen LogP contribution in [0.1, 0.15) is 0 Å². The molecule has 0 bridgehead atoms. The number of rotatable bonds is 1. The molecular weight excluding hydrogens is 132 g/mol. The number of nitrogens with zero attached hydrogens (tertiary/aromatic N) is 2. The summed E-state index contributed by atoms with van der Waals surface area (Å²) in [5.74, 6) is -0.571. The highest BCUT2D eigenvalue weighted by Gasteiger charge is 1.80. The van der Waals surface area contributed by atoms with E-state index in [-0.39, 0.29) is 0 Å². The predicted octanol–water partition coefficient (Wildman–Crippen LogP) is -0.874. The normalized spacial score (nSPS) is 15.4. The molecule has 0 radical (unpaired) electrons. The zero-order chi connectivity index (χ0) is 6.57. The fourth-order valence-corrected chi connectivity index (χ4v) is 0.290. The second-order valence-corrected chi connectivity index (χ2v) is 1.40. The van der Waals surface area contributed by atoms with Gasteiger partial charge < -0.3 is 10.3 Å². The molecule has 0 aliphatic carbocycles. The number of guanidine groups is 1. The monoisotopic (exact) mass is 135 g/mol. The van der Waals surface area contributed by atoms with Gasteiger partial charge in [-0.3, -0.25) is 0 Å². The van der Waals surface area contributed by atoms with Crippen LogP contribution in [-0.2, 0) is 11.3 Å². The molecule has 0 rings (SSSR count). The molecule has 0 spiro atoms. The van der Waals surface area contributed by atoms with E-state index in [1.54, 1.807) is 0 Å². The van der Waals surface area contributed by atoms with Crippen molar-refractivity contribution >= 4 is 17.2 Å². The van der Waals surface area contributed by atoms with Crippen molar-refractivity contribution < 1.29 is 8.76 Å². The fourth-order valence-electron chi connectivity index (χ4n) is 0.0968. The number of hydrogen-bond donors (Lipinski definition) is 2. The van der Waals surface area contributed by atoms with Gasteiger partial charge in [0.1, 0.15) is 0 Å². The van der Waals surface area contributed by atoms with Crippen LogP contribution in [0.15, 0.2) is 9.51 Å². The Morgan fingerprint density at radius 2 is 2.38 bits per heavy atom. The van der Waals surface area contributed by atoms with Crippen molar-refractivity contribution in [3.05, 3.63) is 0 Å². The highest BCUT2D eigenvalue weighted by molar-refractivity contribution is 7.77. The van der Waals surface area contributed by atoms with Crippen LogP contribution in [0.5, 0.6) is 0 Å². The highest BCUT2D eigenvalue weighted by Crippen LogP contribution is 1.75. The Balaban J connectivity index is 3.94. The predicted molar refractivity (Wildman–Crippen MR) is 25.7 cm³/mol. The molecule has 6 nitrogen and oxygen atoms in total. The van der Waals surface area contributed by atoms with Crippen LogP contribution in [0.4, 0.5) is 0 Å². The number of hydrogen-bond acceptors (Lipinski definition) is 3. The molecule has 7 heteroatoms. The van der Waals surface area contributed by atoms with Gasteiger partial charge in [-0.15, -0.1) is 5.11 Å². The summed E-state index contributed by atoms with van der Waals surface area (Å²) >= 11 is -2.60. The minimum absolute atomic E-state index is 0.571. The zero-order valence-corrected chi connectivity index (χ0v) is 4.51. The molecule has 0 saturated heterocycles. The second-order valence-electron chi connectivity index (χ2n) is 0.778. The van der Waals surface area contributed by atoms with E-state index in [0.717, 1.165) is 0 Å². The van der Waals surface area contributed by atoms with E-state index in [4.69, 9.17) is 5.53 Å². The second kappa shape index (κ2) is 3.22. The zero-order valence-electron chi connectivity index (χ0n) is 3.70. The molecule has 3 N–H and O–H groups in total. The van der Waals surface area contributed by atoms with E-state index < -0.39 is 17.2 Å². The van der Waals surface area contributed by atoms with Gasteiger partial charge in [-0.1, -0.05) is 0 Å². The molecule has 0 aromatic carbocycles. The Morgan fingerprint density at radius 1 is 1.88 bits per heavy atom. The van der Waals surface area contributed by atoms with Crippen molar-refractivity contribution in [2.75, 3.05) is 0 Å². The first-order valence-electron chi connectivity index (χ1n) is 1.48. The lowest BCUT2D eigenvalue weighted by molar-refractivity contribution is 0.539. The van der Waals surface area contributed by atoms with E-state index in [1.165, 1.54) is 0 Å². The molecule has 0 fully saturated rings. The highest BCUT2D eigenvalue weighted by atomic mass is 32.2. The summed E-state index contributed by atoms with van der Waals surface area (Å²) in [7, 11) is 0. The van der Waals surface area contributed by atoms with Gasteiger partial charge in [0.25, 0.3) is 0 Å². The summed E-state index contributed by atoms with van der Waals surface area (Å²) in [5.41, 5.74) is 10.8. The summed E-state index contributed by atoms with van der Waals surface area (Å²) in [6.07, 6.45) is 0. The maximum Gasteiger partial charge on any atom is 0.247 e. The van der Waals surface area contributed by atoms with Gasteiger partial charge in [0.05, 0.1) is 11.3 Å². The smallest absolute Gasteiger partial charge is 0.247 e. The lowest BCUT2D eigenvalue weighted by atomic mass is 11.1. The largest absolute Gasteiger partial charge is 0.754 e. The van der Waals surface area contributed by atoms with E-state index in [2.05, 4.69) is 15.2 Å². The summed E-state index contributed by atoms with van der Waals surface area (Å²) in [6.45, 7) is 0. The molecule has 0 amide bonds. The standard InChI is InChI=1S/CH4N4O2S/c2-1(4-3)5-8(6)7/h3H,(H2,2,5)(H,6,7)/p-1. The molecule has 0 aliphatic heterocycles. The summed E-state index contributed by atoms with van der Waals surface area (Å²) in [6, 6.07) is 0. The van der Waals surface area contributed by atoms with E-state index >= 15 is 0 Å². The third-order valence-electron chi connectivity index (χ3n) is 0.283. The fraction of sp³-hybridized carbons (Fsp3) is 0. The Morgan fingerprint density at radius 3 is 2.50 bits per heavy atom. The van der Waals surface area contributed by atoms with Crippen LogP contribution < -0.4 is 5.73 Å². The molecule has 0 heterocycles. The maximum atomic E-state index is 9.56. The van der Waals surface area contributed by atoms with Gasteiger partial charge in [-0.25, -0.2) is 9.74 Å². The molecule has 0 saturated carbocycles. The molecule has 46 valence electrons. The van der Waals surface area contributed by atoms with Crippen molar-refractivity contribution in [1.29, 1.82) is 5.53 Å². The van der Waals surface area contributed by atoms with E-state index in [9.17, 15) is 8.76 Å². The van der Waals surface area contributed by atoms with Crippen molar-refractivity contribution in [1.82, 2.24) is 0 Å². The minimum atomic E-state index is -2.60. The average molecular weight is 135 g/mol. The van der Waals surface area contributed by atoms with Crippen molar-refractivity contribution in [3.8, 4) is 0 Å². The van der Waals surface area contributed by atoms with Gasteiger partial charge in [-0.2, -0.15) is 4.40 Å². The minimum Gasteiger partial charge on any atom is -0.754 e. The molecule has 1 atom stereocenters. The van der Waals surface area contributed by atoms with Crippen LogP contribution in [-0.4, -0.2) is 14.7 Å². The van der Waals surface area contributed by atoms with Crippen LogP contribution in [0.25, 0.3) is 0 Å². The summed E-state index contributed by atoms with van der Waals surface area (Å²) in [4.78, 5) is 0. The number of nitrogens with one attached hydrogen (secondary N) is 1. The molecule has 0 aromatic heterocycles. The van der Waals surface area contributed by atoms with Crippen LogP contribution >= 0.6 is 0 Å². The first-order valence-corrected chi connectivity index (χ1v) is 2.51. The Kier molecular flexibility index (Phi) is 2.89. The van der Waals surface area contributed by atoms with Gasteiger partial charge in [0, 0.05) is 0 Å². The lowest BCUT2D eigenvalue weighted by Gasteiger charge is -1.92. The van der Waals surface area contributed by atoms with Gasteiger partial charge in [0.15, 0.2) is 0 Å². The lowest BCUT2D eigenvalue weighted by Crippen LogP contribution is -2.07. The van der Waals surface area contributed by atoms with Gasteiger partial charge in [0.2, 0.25) is 5.96 Å². The SMILES string of the molecule is N=NC(N)=NS(=O)[O-]. The van der Waals surface area contributed by atoms with Gasteiger partial charge in [-0.05, 0) is 0 Å². The van der Waals surface area contributed by atoms with Crippen LogP contribution in [0, 0.1) is 5.53 Å². The Hall–Kier alpha value is -0.820. The summed E-state index contributed by atoms with van der Waals surface area (Å²) in [5, 5.41) is 2.51. The first kappa shape index (κ1) is 7.18. The van der Waals surface area contributed by atoms with E-state index in [0.29, 0.717) is 0 Å². The topological polar surface area (TPSA) is 115 Å². The first-order chi connectivity index (χ1) is 3.66. The van der Waals surface area contributed by atoms with E-state index in [1.807, 2.05) is 0 Å². The maximum absolute atomic E-state index is 9.56. The summed E-state index contributed by atoms with van der Waals surface area (Å²) < 4.78 is 21.8. The third-order valence-corrected chi connectivity index (χ3v) is 0.619. The van der Waals surface area contributed by atoms with Crippen molar-refractivity contribution in [2.24, 2.45) is 15.2 Å². The Bertz CT molecular complexity index is 141. The average Bonchev–Trinajstić information content (AvgIpc) is 1.65. The molecule has 8 heavy (non-hydrogen) atoms. The van der Waals surface area contributed by atoms with Crippen LogP contribution in [0.2, 0.25) is 0 Å². The molecular formula is CH3N4O2S-. The number of nitrogens with two attached hydrogens (primary N) is 1. The van der Waals surface area contributed by atoms with Crippen molar-refractivity contribution in [3.63, 3.8) is 0 Å². The van der Waals surface area contributed by atoms with Gasteiger partial charge >= 0.3 is 0 Å². The van der Waals surface area contributed by atoms with Crippen molar-refractivity contribution in [2.45, 2.75) is 0 Å². The molecule has 1 unspecified atom stereocenters. The molecule has 0 aromatic rings. The third kappa shape index (κ3) is 3.37. The molecule has 0 aliphatic rings. The Labute approximate surface area is 47.7 Å². The quantitative estimate of drug-likeness (QED) is 0.210.